The Kier molecular flexibility index (Phi) is 4.56. The molecule has 82 valence electrons. The zero-order chi connectivity index (χ0) is 11.4. The average molecular weight is 201 g/mol. The molecule has 0 fully saturated rings. The van der Waals surface area contributed by atoms with E-state index < -0.39 is 5.54 Å². The van der Waals surface area contributed by atoms with Gasteiger partial charge in [-0.15, -0.1) is 0 Å². The minimum absolute atomic E-state index is 0.0297. The molecule has 2 amide bonds. The molecule has 0 aromatic rings. The third kappa shape index (κ3) is 6.42. The molecule has 0 rings (SSSR count). The van der Waals surface area contributed by atoms with Gasteiger partial charge in [-0.2, -0.15) is 0 Å². The number of likely N-dealkylation sites (N-methyl/N-ethyl adjacent to an activating group) is 1. The van der Waals surface area contributed by atoms with Crippen LogP contribution in [0.25, 0.3) is 0 Å². The quantitative estimate of drug-likeness (QED) is 0.632. The van der Waals surface area contributed by atoms with Gasteiger partial charge in [-0.1, -0.05) is 0 Å². The van der Waals surface area contributed by atoms with Crippen LogP contribution in [-0.2, 0) is 9.59 Å². The maximum atomic E-state index is 11.2. The lowest BCUT2D eigenvalue weighted by Gasteiger charge is -2.18. The standard InChI is InChI=1S/C9H19N3O2/c1-9(2,10)5-7(13)11-6-8(14)12(3)4/h5-6,10H2,1-4H3,(H,11,13). The summed E-state index contributed by atoms with van der Waals surface area (Å²) in [6.07, 6.45) is 0.216. The number of amides is 2. The lowest BCUT2D eigenvalue weighted by atomic mass is 10.0. The molecule has 0 aromatic heterocycles. The first-order valence-corrected chi connectivity index (χ1v) is 4.48. The van der Waals surface area contributed by atoms with E-state index in [9.17, 15) is 9.59 Å². The molecule has 0 radical (unpaired) electrons. The van der Waals surface area contributed by atoms with Crippen LogP contribution in [0, 0.1) is 0 Å². The van der Waals surface area contributed by atoms with Crippen molar-refractivity contribution in [2.24, 2.45) is 5.73 Å². The van der Waals surface area contributed by atoms with E-state index in [0.717, 1.165) is 0 Å². The Morgan fingerprint density at radius 1 is 1.36 bits per heavy atom. The van der Waals surface area contributed by atoms with Crippen LogP contribution in [-0.4, -0.2) is 42.9 Å². The van der Waals surface area contributed by atoms with E-state index in [1.54, 1.807) is 27.9 Å². The summed E-state index contributed by atoms with van der Waals surface area (Å²) in [5, 5.41) is 2.51. The first-order valence-electron chi connectivity index (χ1n) is 4.48. The van der Waals surface area contributed by atoms with E-state index in [1.165, 1.54) is 4.90 Å². The van der Waals surface area contributed by atoms with E-state index in [-0.39, 0.29) is 24.8 Å². The van der Waals surface area contributed by atoms with Gasteiger partial charge < -0.3 is 16.0 Å². The van der Waals surface area contributed by atoms with Crippen molar-refractivity contribution in [2.45, 2.75) is 25.8 Å². The van der Waals surface area contributed by atoms with Gasteiger partial charge in [0, 0.05) is 26.1 Å². The van der Waals surface area contributed by atoms with E-state index in [1.807, 2.05) is 0 Å². The lowest BCUT2D eigenvalue weighted by molar-refractivity contribution is -0.131. The zero-order valence-electron chi connectivity index (χ0n) is 9.26. The molecule has 0 aliphatic carbocycles. The summed E-state index contributed by atoms with van der Waals surface area (Å²) >= 11 is 0. The van der Waals surface area contributed by atoms with Crippen LogP contribution in [0.4, 0.5) is 0 Å². The molecule has 0 bridgehead atoms. The predicted octanol–water partition coefficient (Wildman–Crippen LogP) is -0.682. The highest BCUT2D eigenvalue weighted by Gasteiger charge is 2.16. The van der Waals surface area contributed by atoms with Crippen molar-refractivity contribution in [3.8, 4) is 0 Å². The summed E-state index contributed by atoms with van der Waals surface area (Å²) in [7, 11) is 3.28. The summed E-state index contributed by atoms with van der Waals surface area (Å²) in [6, 6.07) is 0. The van der Waals surface area contributed by atoms with E-state index in [2.05, 4.69) is 5.32 Å². The van der Waals surface area contributed by atoms with Crippen LogP contribution in [0.3, 0.4) is 0 Å². The van der Waals surface area contributed by atoms with Crippen molar-refractivity contribution < 1.29 is 9.59 Å². The summed E-state index contributed by atoms with van der Waals surface area (Å²) in [5.74, 6) is -0.333. The number of hydrogen-bond donors (Lipinski definition) is 2. The van der Waals surface area contributed by atoms with Gasteiger partial charge in [0.05, 0.1) is 6.54 Å². The fourth-order valence-electron chi connectivity index (χ4n) is 0.809. The molecule has 0 aliphatic heterocycles. The molecule has 5 nitrogen and oxygen atoms in total. The second-order valence-electron chi connectivity index (χ2n) is 4.23. The molecular formula is C9H19N3O2. The Labute approximate surface area is 84.6 Å². The minimum atomic E-state index is -0.536. The number of nitrogens with two attached hydrogens (primary N) is 1. The molecule has 14 heavy (non-hydrogen) atoms. The number of carbonyl (C=O) groups is 2. The summed E-state index contributed by atoms with van der Waals surface area (Å²) in [5.41, 5.74) is 5.11. The third-order valence-electron chi connectivity index (χ3n) is 1.55. The molecule has 0 aromatic carbocycles. The highest BCUT2D eigenvalue weighted by molar-refractivity contribution is 5.84. The number of hydrogen-bond acceptors (Lipinski definition) is 3. The fraction of sp³-hybridized carbons (Fsp3) is 0.778. The van der Waals surface area contributed by atoms with Crippen LogP contribution in [0.15, 0.2) is 0 Å². The number of rotatable bonds is 4. The monoisotopic (exact) mass is 201 g/mol. The van der Waals surface area contributed by atoms with Gasteiger partial charge in [-0.25, -0.2) is 0 Å². The van der Waals surface area contributed by atoms with Crippen molar-refractivity contribution >= 4 is 11.8 Å². The molecular weight excluding hydrogens is 182 g/mol. The minimum Gasteiger partial charge on any atom is -0.347 e. The molecule has 0 atom stereocenters. The smallest absolute Gasteiger partial charge is 0.241 e. The summed E-state index contributed by atoms with van der Waals surface area (Å²) in [4.78, 5) is 23.7. The fourth-order valence-corrected chi connectivity index (χ4v) is 0.809. The molecule has 0 spiro atoms. The van der Waals surface area contributed by atoms with E-state index >= 15 is 0 Å². The normalized spacial score (nSPS) is 10.9. The summed E-state index contributed by atoms with van der Waals surface area (Å²) < 4.78 is 0. The van der Waals surface area contributed by atoms with Gasteiger partial charge in [-0.3, -0.25) is 9.59 Å². The van der Waals surface area contributed by atoms with Gasteiger partial charge in [-0.05, 0) is 13.8 Å². The Morgan fingerprint density at radius 2 is 1.86 bits per heavy atom. The highest BCUT2D eigenvalue weighted by Crippen LogP contribution is 2.02. The topological polar surface area (TPSA) is 75.4 Å². The molecule has 5 heteroatoms. The van der Waals surface area contributed by atoms with Crippen LogP contribution in [0.1, 0.15) is 20.3 Å². The maximum Gasteiger partial charge on any atom is 0.241 e. The average Bonchev–Trinajstić information content (AvgIpc) is 1.96. The summed E-state index contributed by atoms with van der Waals surface area (Å²) in [6.45, 7) is 3.56. The predicted molar refractivity (Wildman–Crippen MR) is 54.6 cm³/mol. The first-order chi connectivity index (χ1) is 6.22. The van der Waals surface area contributed by atoms with Gasteiger partial charge >= 0.3 is 0 Å². The molecule has 0 aliphatic rings. The van der Waals surface area contributed by atoms with Crippen LogP contribution in [0.5, 0.6) is 0 Å². The van der Waals surface area contributed by atoms with E-state index in [4.69, 9.17) is 5.73 Å². The van der Waals surface area contributed by atoms with Gasteiger partial charge in [0.1, 0.15) is 0 Å². The van der Waals surface area contributed by atoms with Crippen molar-refractivity contribution in [3.63, 3.8) is 0 Å². The van der Waals surface area contributed by atoms with Crippen molar-refractivity contribution in [1.29, 1.82) is 0 Å². The molecule has 0 saturated carbocycles. The highest BCUT2D eigenvalue weighted by atomic mass is 16.2. The van der Waals surface area contributed by atoms with Gasteiger partial charge in [0.15, 0.2) is 0 Å². The second-order valence-corrected chi connectivity index (χ2v) is 4.23. The second kappa shape index (κ2) is 4.95. The zero-order valence-corrected chi connectivity index (χ0v) is 9.26. The Morgan fingerprint density at radius 3 is 2.21 bits per heavy atom. The van der Waals surface area contributed by atoms with Crippen molar-refractivity contribution in [3.05, 3.63) is 0 Å². The molecule has 0 heterocycles. The SMILES string of the molecule is CN(C)C(=O)CNC(=O)CC(C)(C)N. The molecule has 0 saturated heterocycles. The largest absolute Gasteiger partial charge is 0.347 e. The van der Waals surface area contributed by atoms with Crippen LogP contribution in [0.2, 0.25) is 0 Å². The number of carbonyl (C=O) groups excluding carboxylic acids is 2. The number of nitrogens with zero attached hydrogens (tertiary/aromatic N) is 1. The third-order valence-corrected chi connectivity index (χ3v) is 1.55. The van der Waals surface area contributed by atoms with E-state index in [0.29, 0.717) is 0 Å². The Hall–Kier alpha value is -1.10. The molecule has 0 unspecified atom stereocenters. The van der Waals surface area contributed by atoms with Crippen molar-refractivity contribution in [2.75, 3.05) is 20.6 Å². The van der Waals surface area contributed by atoms with Gasteiger partial charge in [0.25, 0.3) is 0 Å². The lowest BCUT2D eigenvalue weighted by Crippen LogP contribution is -2.42. The van der Waals surface area contributed by atoms with Crippen molar-refractivity contribution in [1.82, 2.24) is 10.2 Å². The Balaban J connectivity index is 3.81. The first kappa shape index (κ1) is 12.9. The van der Waals surface area contributed by atoms with Crippen LogP contribution < -0.4 is 11.1 Å². The van der Waals surface area contributed by atoms with Crippen LogP contribution >= 0.6 is 0 Å². The Bertz CT molecular complexity index is 219. The van der Waals surface area contributed by atoms with Gasteiger partial charge in [0.2, 0.25) is 11.8 Å². The maximum absolute atomic E-state index is 11.2. The molecule has 3 N–H and O–H groups in total. The number of nitrogens with one attached hydrogen (secondary N) is 1.